The number of amides is 2. The van der Waals surface area contributed by atoms with Gasteiger partial charge in [0.15, 0.2) is 0 Å². The molecule has 1 aliphatic heterocycles. The summed E-state index contributed by atoms with van der Waals surface area (Å²) in [6, 6.07) is 21.2. The fourth-order valence-corrected chi connectivity index (χ4v) is 6.62. The monoisotopic (exact) mass is 591 g/mol. The van der Waals surface area contributed by atoms with Crippen LogP contribution in [-0.4, -0.2) is 67.9 Å². The van der Waals surface area contributed by atoms with E-state index in [-0.39, 0.29) is 30.7 Å². The third kappa shape index (κ3) is 7.44. The second-order valence-electron chi connectivity index (χ2n) is 11.5. The second-order valence-corrected chi connectivity index (χ2v) is 13.5. The highest BCUT2D eigenvalue weighted by molar-refractivity contribution is 7.88. The molecule has 0 spiro atoms. The standard InChI is InChI=1S/C33H38FN3O4S/c1-23-6-8-26(9-7-23)30-22-28(30)4-3-5-31(33(39)36-18-20-37(21-19-36)42(2,40)41)35-32(38)27-12-10-24(11-13-27)25-14-16-29(34)17-15-25/h6-17,28,30-31H,3-5,18-22H2,1-2H3,(H,35,38)/t28-,30+,31+/m1/s1. The molecule has 3 aromatic carbocycles. The number of hydrogen-bond acceptors (Lipinski definition) is 4. The number of rotatable bonds is 10. The first kappa shape index (κ1) is 29.9. The van der Waals surface area contributed by atoms with Crippen LogP contribution >= 0.6 is 0 Å². The summed E-state index contributed by atoms with van der Waals surface area (Å²) < 4.78 is 38.5. The van der Waals surface area contributed by atoms with Crippen LogP contribution in [0.4, 0.5) is 4.39 Å². The summed E-state index contributed by atoms with van der Waals surface area (Å²) in [4.78, 5) is 28.5. The topological polar surface area (TPSA) is 86.8 Å². The van der Waals surface area contributed by atoms with Crippen molar-refractivity contribution in [3.63, 3.8) is 0 Å². The summed E-state index contributed by atoms with van der Waals surface area (Å²) >= 11 is 0. The van der Waals surface area contributed by atoms with Crippen LogP contribution < -0.4 is 5.32 Å². The number of halogens is 1. The largest absolute Gasteiger partial charge is 0.340 e. The van der Waals surface area contributed by atoms with Crippen LogP contribution in [-0.2, 0) is 14.8 Å². The molecule has 5 rings (SSSR count). The number of nitrogens with one attached hydrogen (secondary N) is 1. The van der Waals surface area contributed by atoms with Gasteiger partial charge in [0.05, 0.1) is 6.26 Å². The first-order chi connectivity index (χ1) is 20.1. The van der Waals surface area contributed by atoms with E-state index in [2.05, 4.69) is 36.5 Å². The number of aryl methyl sites for hydroxylation is 1. The van der Waals surface area contributed by atoms with Crippen molar-refractivity contribution in [3.8, 4) is 11.1 Å². The molecule has 0 radical (unpaired) electrons. The van der Waals surface area contributed by atoms with Gasteiger partial charge >= 0.3 is 0 Å². The molecule has 1 saturated heterocycles. The molecule has 42 heavy (non-hydrogen) atoms. The molecule has 9 heteroatoms. The first-order valence-corrected chi connectivity index (χ1v) is 16.4. The molecule has 0 aromatic heterocycles. The second kappa shape index (κ2) is 12.8. The van der Waals surface area contributed by atoms with E-state index in [1.807, 2.05) is 12.1 Å². The Labute approximate surface area is 247 Å². The number of sulfonamides is 1. The van der Waals surface area contributed by atoms with Crippen LogP contribution in [0.5, 0.6) is 0 Å². The molecule has 3 atom stereocenters. The number of piperazine rings is 1. The Bertz CT molecular complexity index is 1500. The summed E-state index contributed by atoms with van der Waals surface area (Å²) in [7, 11) is -3.32. The number of hydrogen-bond donors (Lipinski definition) is 1. The van der Waals surface area contributed by atoms with E-state index in [4.69, 9.17) is 0 Å². The minimum atomic E-state index is -3.32. The SMILES string of the molecule is Cc1ccc([C@@H]2C[C@H]2CCC[C@H](NC(=O)c2ccc(-c3ccc(F)cc3)cc2)C(=O)N2CCN(S(C)(=O)=O)CC2)cc1. The molecule has 2 aliphatic rings. The average Bonchev–Trinajstić information content (AvgIpc) is 3.76. The van der Waals surface area contributed by atoms with Crippen molar-refractivity contribution in [3.05, 3.63) is 95.3 Å². The summed E-state index contributed by atoms with van der Waals surface area (Å²) in [5.41, 5.74) is 4.74. The minimum Gasteiger partial charge on any atom is -0.340 e. The molecule has 3 aromatic rings. The number of carbonyl (C=O) groups excluding carboxylic acids is 2. The van der Waals surface area contributed by atoms with Gasteiger partial charge in [-0.3, -0.25) is 9.59 Å². The van der Waals surface area contributed by atoms with E-state index in [1.54, 1.807) is 29.2 Å². The van der Waals surface area contributed by atoms with Crippen molar-refractivity contribution < 1.29 is 22.4 Å². The van der Waals surface area contributed by atoms with Crippen LogP contribution in [0.3, 0.4) is 0 Å². The lowest BCUT2D eigenvalue weighted by Gasteiger charge is -2.35. The minimum absolute atomic E-state index is 0.176. The van der Waals surface area contributed by atoms with Crippen molar-refractivity contribution in [2.45, 2.75) is 44.6 Å². The number of nitrogens with zero attached hydrogens (tertiary/aromatic N) is 2. The Hall–Kier alpha value is -3.56. The molecule has 0 unspecified atom stereocenters. The van der Waals surface area contributed by atoms with Crippen LogP contribution in [0.1, 0.15) is 53.1 Å². The molecule has 2 amide bonds. The smallest absolute Gasteiger partial charge is 0.251 e. The highest BCUT2D eigenvalue weighted by Crippen LogP contribution is 2.50. The summed E-state index contributed by atoms with van der Waals surface area (Å²) in [6.07, 6.45) is 4.61. The zero-order chi connectivity index (χ0) is 29.9. The van der Waals surface area contributed by atoms with E-state index in [9.17, 15) is 22.4 Å². The van der Waals surface area contributed by atoms with Gasteiger partial charge in [-0.1, -0.05) is 60.5 Å². The Kier molecular flexibility index (Phi) is 9.08. The fourth-order valence-electron chi connectivity index (χ4n) is 5.79. The van der Waals surface area contributed by atoms with Gasteiger partial charge in [0.25, 0.3) is 5.91 Å². The third-order valence-electron chi connectivity index (χ3n) is 8.44. The summed E-state index contributed by atoms with van der Waals surface area (Å²) in [6.45, 7) is 3.17. The summed E-state index contributed by atoms with van der Waals surface area (Å²) in [5.74, 6) is 0.313. The zero-order valence-corrected chi connectivity index (χ0v) is 24.9. The van der Waals surface area contributed by atoms with Crippen molar-refractivity contribution in [2.24, 2.45) is 5.92 Å². The number of benzene rings is 3. The third-order valence-corrected chi connectivity index (χ3v) is 9.75. The molecule has 2 fully saturated rings. The molecule has 1 heterocycles. The average molecular weight is 592 g/mol. The van der Waals surface area contributed by atoms with Gasteiger partial charge in [-0.05, 0) is 79.0 Å². The first-order valence-electron chi connectivity index (χ1n) is 14.6. The maximum atomic E-state index is 13.6. The molecule has 7 nitrogen and oxygen atoms in total. The Morgan fingerprint density at radius 1 is 0.905 bits per heavy atom. The Morgan fingerprint density at radius 2 is 1.50 bits per heavy atom. The van der Waals surface area contributed by atoms with Crippen LogP contribution in [0.2, 0.25) is 0 Å². The predicted octanol–water partition coefficient (Wildman–Crippen LogP) is 4.98. The maximum Gasteiger partial charge on any atom is 0.251 e. The summed E-state index contributed by atoms with van der Waals surface area (Å²) in [5, 5.41) is 2.97. The number of carbonyl (C=O) groups is 2. The molecular formula is C33H38FN3O4S. The molecule has 1 aliphatic carbocycles. The quantitative estimate of drug-likeness (QED) is 0.361. The molecule has 1 N–H and O–H groups in total. The maximum absolute atomic E-state index is 13.6. The zero-order valence-electron chi connectivity index (χ0n) is 24.1. The van der Waals surface area contributed by atoms with Gasteiger partial charge in [-0.2, -0.15) is 4.31 Å². The van der Waals surface area contributed by atoms with E-state index in [1.165, 1.54) is 33.8 Å². The highest BCUT2D eigenvalue weighted by Gasteiger charge is 2.38. The van der Waals surface area contributed by atoms with Crippen molar-refractivity contribution in [1.29, 1.82) is 0 Å². The van der Waals surface area contributed by atoms with E-state index >= 15 is 0 Å². The van der Waals surface area contributed by atoms with E-state index in [0.29, 0.717) is 36.9 Å². The van der Waals surface area contributed by atoms with Crippen molar-refractivity contribution >= 4 is 21.8 Å². The van der Waals surface area contributed by atoms with Gasteiger partial charge in [-0.15, -0.1) is 0 Å². The van der Waals surface area contributed by atoms with E-state index < -0.39 is 16.1 Å². The Morgan fingerprint density at radius 3 is 2.10 bits per heavy atom. The van der Waals surface area contributed by atoms with Crippen molar-refractivity contribution in [2.75, 3.05) is 32.4 Å². The van der Waals surface area contributed by atoms with Crippen molar-refractivity contribution in [1.82, 2.24) is 14.5 Å². The highest BCUT2D eigenvalue weighted by atomic mass is 32.2. The van der Waals surface area contributed by atoms with E-state index in [0.717, 1.165) is 30.4 Å². The lowest BCUT2D eigenvalue weighted by molar-refractivity contribution is -0.134. The molecule has 1 saturated carbocycles. The molecular weight excluding hydrogens is 553 g/mol. The Balaban J connectivity index is 1.22. The van der Waals surface area contributed by atoms with Gasteiger partial charge in [0, 0.05) is 31.7 Å². The predicted molar refractivity (Wildman–Crippen MR) is 162 cm³/mol. The normalized spacial score (nSPS) is 19.7. The molecule has 0 bridgehead atoms. The van der Waals surface area contributed by atoms with Gasteiger partial charge in [-0.25, -0.2) is 12.8 Å². The van der Waals surface area contributed by atoms with Crippen LogP contribution in [0.15, 0.2) is 72.8 Å². The van der Waals surface area contributed by atoms with Gasteiger partial charge < -0.3 is 10.2 Å². The fraction of sp³-hybridized carbons (Fsp3) is 0.394. The van der Waals surface area contributed by atoms with Crippen LogP contribution in [0.25, 0.3) is 11.1 Å². The molecule has 222 valence electrons. The van der Waals surface area contributed by atoms with Gasteiger partial charge in [0.2, 0.25) is 15.9 Å². The van der Waals surface area contributed by atoms with Gasteiger partial charge in [0.1, 0.15) is 11.9 Å². The van der Waals surface area contributed by atoms with Crippen LogP contribution in [0, 0.1) is 18.7 Å². The lowest BCUT2D eigenvalue weighted by Crippen LogP contribution is -2.55. The lowest BCUT2D eigenvalue weighted by atomic mass is 10.0.